The van der Waals surface area contributed by atoms with Gasteiger partial charge in [-0.05, 0) is 25.0 Å². The van der Waals surface area contributed by atoms with Crippen molar-refractivity contribution >= 4 is 22.5 Å². The molecule has 1 unspecified atom stereocenters. The molecule has 0 aliphatic rings. The first-order valence-electron chi connectivity index (χ1n) is 7.11. The zero-order valence-electron chi connectivity index (χ0n) is 12.0. The molecule has 1 heterocycles. The number of carbonyl (C=O) groups is 1. The molecule has 3 N–H and O–H groups in total. The molecule has 2 aromatic rings. The van der Waals surface area contributed by atoms with Crippen LogP contribution in [-0.4, -0.2) is 16.9 Å². The SMILES string of the molecule is CCCC(CC)NC(=O)c1cc(N)c2ccccc2n1. The lowest BCUT2D eigenvalue weighted by molar-refractivity contribution is 0.0929. The monoisotopic (exact) mass is 271 g/mol. The van der Waals surface area contributed by atoms with E-state index in [1.165, 1.54) is 0 Å². The number of anilines is 1. The number of nitrogens with two attached hydrogens (primary N) is 1. The van der Waals surface area contributed by atoms with Gasteiger partial charge in [0.1, 0.15) is 5.69 Å². The van der Waals surface area contributed by atoms with Gasteiger partial charge in [0.05, 0.1) is 5.52 Å². The Morgan fingerprint density at radius 2 is 2.10 bits per heavy atom. The van der Waals surface area contributed by atoms with Crippen molar-refractivity contribution in [2.45, 2.75) is 39.2 Å². The predicted molar refractivity (Wildman–Crippen MR) is 82.6 cm³/mol. The number of fused-ring (bicyclic) bond motifs is 1. The van der Waals surface area contributed by atoms with Gasteiger partial charge >= 0.3 is 0 Å². The van der Waals surface area contributed by atoms with Crippen molar-refractivity contribution in [2.24, 2.45) is 0 Å². The average Bonchev–Trinajstić information content (AvgIpc) is 2.46. The number of amides is 1. The third-order valence-corrected chi connectivity index (χ3v) is 3.45. The van der Waals surface area contributed by atoms with Gasteiger partial charge < -0.3 is 11.1 Å². The lowest BCUT2D eigenvalue weighted by Crippen LogP contribution is -2.34. The highest BCUT2D eigenvalue weighted by Crippen LogP contribution is 2.20. The minimum absolute atomic E-state index is 0.150. The van der Waals surface area contributed by atoms with E-state index in [-0.39, 0.29) is 11.9 Å². The molecule has 1 amide bonds. The number of nitrogen functional groups attached to an aromatic ring is 1. The maximum absolute atomic E-state index is 12.3. The van der Waals surface area contributed by atoms with Gasteiger partial charge in [0.25, 0.3) is 5.91 Å². The number of rotatable bonds is 5. The molecule has 0 radical (unpaired) electrons. The zero-order chi connectivity index (χ0) is 14.5. The van der Waals surface area contributed by atoms with E-state index < -0.39 is 0 Å². The fourth-order valence-electron chi connectivity index (χ4n) is 2.30. The van der Waals surface area contributed by atoms with Crippen LogP contribution >= 0.6 is 0 Å². The van der Waals surface area contributed by atoms with Gasteiger partial charge in [-0.3, -0.25) is 4.79 Å². The van der Waals surface area contributed by atoms with Gasteiger partial charge in [-0.1, -0.05) is 38.5 Å². The van der Waals surface area contributed by atoms with Crippen molar-refractivity contribution in [1.29, 1.82) is 0 Å². The van der Waals surface area contributed by atoms with Crippen LogP contribution in [0.2, 0.25) is 0 Å². The third kappa shape index (κ3) is 3.07. The Bertz CT molecular complexity index is 610. The van der Waals surface area contributed by atoms with E-state index in [0.717, 1.165) is 30.2 Å². The summed E-state index contributed by atoms with van der Waals surface area (Å²) in [6, 6.07) is 9.42. The smallest absolute Gasteiger partial charge is 0.270 e. The Kier molecular flexibility index (Phi) is 4.56. The summed E-state index contributed by atoms with van der Waals surface area (Å²) in [6.45, 7) is 4.18. The largest absolute Gasteiger partial charge is 0.398 e. The Hall–Kier alpha value is -2.10. The molecule has 0 bridgehead atoms. The van der Waals surface area contributed by atoms with E-state index in [9.17, 15) is 4.79 Å². The first kappa shape index (κ1) is 14.3. The van der Waals surface area contributed by atoms with E-state index in [0.29, 0.717) is 11.4 Å². The van der Waals surface area contributed by atoms with Crippen LogP contribution in [0.25, 0.3) is 10.9 Å². The molecule has 0 spiro atoms. The number of hydrogen-bond donors (Lipinski definition) is 2. The summed E-state index contributed by atoms with van der Waals surface area (Å²) in [5, 5.41) is 3.90. The molecule has 1 aromatic heterocycles. The van der Waals surface area contributed by atoms with E-state index >= 15 is 0 Å². The van der Waals surface area contributed by atoms with Crippen LogP contribution < -0.4 is 11.1 Å². The van der Waals surface area contributed by atoms with Gasteiger partial charge in [-0.2, -0.15) is 0 Å². The molecule has 1 atom stereocenters. The standard InChI is InChI=1S/C16H21N3O/c1-3-7-11(4-2)18-16(20)15-10-13(17)12-8-5-6-9-14(12)19-15/h5-6,8-11H,3-4,7H2,1-2H3,(H2,17,19)(H,18,20). The van der Waals surface area contributed by atoms with Gasteiger partial charge in [0, 0.05) is 17.1 Å². The second-order valence-electron chi connectivity index (χ2n) is 4.98. The molecular formula is C16H21N3O. The van der Waals surface area contributed by atoms with Crippen molar-refractivity contribution in [1.82, 2.24) is 10.3 Å². The highest BCUT2D eigenvalue weighted by Gasteiger charge is 2.14. The van der Waals surface area contributed by atoms with Gasteiger partial charge in [0.15, 0.2) is 0 Å². The Morgan fingerprint density at radius 3 is 2.80 bits per heavy atom. The average molecular weight is 271 g/mol. The van der Waals surface area contributed by atoms with Crippen LogP contribution in [0, 0.1) is 0 Å². The molecule has 0 aliphatic heterocycles. The number of hydrogen-bond acceptors (Lipinski definition) is 3. The Balaban J connectivity index is 2.26. The number of nitrogens with zero attached hydrogens (tertiary/aromatic N) is 1. The lowest BCUT2D eigenvalue weighted by atomic mass is 10.1. The van der Waals surface area contributed by atoms with Crippen LogP contribution in [0.3, 0.4) is 0 Å². The summed E-state index contributed by atoms with van der Waals surface area (Å²) >= 11 is 0. The second-order valence-corrected chi connectivity index (χ2v) is 4.98. The van der Waals surface area contributed by atoms with E-state index in [2.05, 4.69) is 24.1 Å². The number of carbonyl (C=O) groups excluding carboxylic acids is 1. The summed E-state index contributed by atoms with van der Waals surface area (Å²) in [5.74, 6) is -0.150. The molecule has 20 heavy (non-hydrogen) atoms. The molecule has 106 valence electrons. The van der Waals surface area contributed by atoms with Crippen molar-refractivity contribution in [3.8, 4) is 0 Å². The molecule has 1 aromatic carbocycles. The van der Waals surface area contributed by atoms with Crippen LogP contribution in [0.4, 0.5) is 5.69 Å². The van der Waals surface area contributed by atoms with Crippen LogP contribution in [0.15, 0.2) is 30.3 Å². The van der Waals surface area contributed by atoms with Crippen molar-refractivity contribution in [3.63, 3.8) is 0 Å². The molecule has 2 rings (SSSR count). The maximum Gasteiger partial charge on any atom is 0.270 e. The summed E-state index contributed by atoms with van der Waals surface area (Å²) in [5.41, 5.74) is 7.72. The number of pyridine rings is 1. The normalized spacial score (nSPS) is 12.3. The van der Waals surface area contributed by atoms with Gasteiger partial charge in [0.2, 0.25) is 0 Å². The molecule has 4 nitrogen and oxygen atoms in total. The van der Waals surface area contributed by atoms with Crippen molar-refractivity contribution in [2.75, 3.05) is 5.73 Å². The predicted octanol–water partition coefficient (Wildman–Crippen LogP) is 3.13. The number of benzene rings is 1. The summed E-state index contributed by atoms with van der Waals surface area (Å²) < 4.78 is 0. The third-order valence-electron chi connectivity index (χ3n) is 3.45. The Labute approximate surface area is 119 Å². The fraction of sp³-hybridized carbons (Fsp3) is 0.375. The van der Waals surface area contributed by atoms with E-state index in [4.69, 9.17) is 5.73 Å². The number of nitrogens with one attached hydrogen (secondary N) is 1. The molecule has 0 saturated carbocycles. The van der Waals surface area contributed by atoms with Crippen LogP contribution in [0.1, 0.15) is 43.6 Å². The van der Waals surface area contributed by atoms with Gasteiger partial charge in [-0.25, -0.2) is 4.98 Å². The summed E-state index contributed by atoms with van der Waals surface area (Å²) in [4.78, 5) is 16.6. The molecule has 0 saturated heterocycles. The highest BCUT2D eigenvalue weighted by atomic mass is 16.1. The first-order chi connectivity index (χ1) is 9.65. The van der Waals surface area contributed by atoms with Crippen LogP contribution in [-0.2, 0) is 0 Å². The fourth-order valence-corrected chi connectivity index (χ4v) is 2.30. The topological polar surface area (TPSA) is 68.0 Å². The van der Waals surface area contributed by atoms with Crippen molar-refractivity contribution in [3.05, 3.63) is 36.0 Å². The lowest BCUT2D eigenvalue weighted by Gasteiger charge is -2.16. The maximum atomic E-state index is 12.3. The van der Waals surface area contributed by atoms with E-state index in [1.54, 1.807) is 6.07 Å². The molecule has 4 heteroatoms. The van der Waals surface area contributed by atoms with E-state index in [1.807, 2.05) is 24.3 Å². The molecular weight excluding hydrogens is 250 g/mol. The first-order valence-corrected chi connectivity index (χ1v) is 7.11. The van der Waals surface area contributed by atoms with Crippen molar-refractivity contribution < 1.29 is 4.79 Å². The minimum atomic E-state index is -0.150. The van der Waals surface area contributed by atoms with Crippen LogP contribution in [0.5, 0.6) is 0 Å². The quantitative estimate of drug-likeness (QED) is 0.878. The van der Waals surface area contributed by atoms with Gasteiger partial charge in [-0.15, -0.1) is 0 Å². The number of para-hydroxylation sites is 1. The highest BCUT2D eigenvalue weighted by molar-refractivity contribution is 5.99. The number of aromatic nitrogens is 1. The molecule has 0 fully saturated rings. The minimum Gasteiger partial charge on any atom is -0.398 e. The Morgan fingerprint density at radius 1 is 1.35 bits per heavy atom. The zero-order valence-corrected chi connectivity index (χ0v) is 12.0. The second kappa shape index (κ2) is 6.37. The molecule has 0 aliphatic carbocycles. The summed E-state index contributed by atoms with van der Waals surface area (Å²) in [7, 11) is 0. The summed E-state index contributed by atoms with van der Waals surface area (Å²) in [6.07, 6.45) is 2.94.